The molecule has 20 heavy (non-hydrogen) atoms. The van der Waals surface area contributed by atoms with Gasteiger partial charge in [0.05, 0.1) is 6.20 Å². The monoisotopic (exact) mass is 272 g/mol. The molecule has 4 nitrogen and oxygen atoms in total. The highest BCUT2D eigenvalue weighted by Crippen LogP contribution is 2.07. The topological polar surface area (TPSA) is 55.1 Å². The fraction of sp³-hybridized carbons (Fsp3) is 0.375. The van der Waals surface area contributed by atoms with Crippen LogP contribution in [0.1, 0.15) is 40.4 Å². The van der Waals surface area contributed by atoms with E-state index in [-0.39, 0.29) is 5.91 Å². The summed E-state index contributed by atoms with van der Waals surface area (Å²) in [6, 6.07) is 7.59. The number of aryl methyl sites for hydroxylation is 3. The number of aromatic nitrogens is 1. The average Bonchev–Trinajstić information content (AvgIpc) is 2.84. The van der Waals surface area contributed by atoms with Crippen LogP contribution in [0.4, 0.5) is 0 Å². The van der Waals surface area contributed by atoms with Crippen molar-refractivity contribution < 1.29 is 9.21 Å². The molecule has 0 bridgehead atoms. The van der Waals surface area contributed by atoms with Crippen molar-refractivity contribution in [3.8, 4) is 0 Å². The molecule has 1 heterocycles. The van der Waals surface area contributed by atoms with Crippen LogP contribution in [0, 0.1) is 13.8 Å². The molecule has 0 saturated carbocycles. The van der Waals surface area contributed by atoms with Gasteiger partial charge in [-0.15, -0.1) is 0 Å². The summed E-state index contributed by atoms with van der Waals surface area (Å²) in [4.78, 5) is 15.9. The highest BCUT2D eigenvalue weighted by Gasteiger charge is 2.04. The maximum absolute atomic E-state index is 11.9. The zero-order valence-corrected chi connectivity index (χ0v) is 12.0. The van der Waals surface area contributed by atoms with Gasteiger partial charge in [0.1, 0.15) is 5.76 Å². The standard InChI is InChI=1S/C16H20N2O2/c1-12-6-8-14(9-7-12)16(19)17-10-4-3-5-15-11-18-13(2)20-15/h6-9,11H,3-5,10H2,1-2H3,(H,17,19). The molecular weight excluding hydrogens is 252 g/mol. The van der Waals surface area contributed by atoms with Crippen LogP contribution in [0.3, 0.4) is 0 Å². The number of hydrogen-bond acceptors (Lipinski definition) is 3. The molecule has 0 atom stereocenters. The van der Waals surface area contributed by atoms with E-state index in [1.165, 1.54) is 0 Å². The molecule has 1 aromatic heterocycles. The Labute approximate surface area is 119 Å². The second kappa shape index (κ2) is 6.89. The Balaban J connectivity index is 1.65. The second-order valence-corrected chi connectivity index (χ2v) is 4.92. The SMILES string of the molecule is Cc1ccc(C(=O)NCCCCc2cnc(C)o2)cc1. The molecule has 4 heteroatoms. The lowest BCUT2D eigenvalue weighted by molar-refractivity contribution is 0.0953. The van der Waals surface area contributed by atoms with Gasteiger partial charge in [0, 0.05) is 25.5 Å². The first kappa shape index (κ1) is 14.3. The van der Waals surface area contributed by atoms with Crippen molar-refractivity contribution in [3.05, 3.63) is 53.2 Å². The van der Waals surface area contributed by atoms with E-state index in [1.807, 2.05) is 38.1 Å². The fourth-order valence-corrected chi connectivity index (χ4v) is 1.95. The smallest absolute Gasteiger partial charge is 0.251 e. The quantitative estimate of drug-likeness (QED) is 0.822. The van der Waals surface area contributed by atoms with Gasteiger partial charge in [0.2, 0.25) is 0 Å². The van der Waals surface area contributed by atoms with E-state index in [0.29, 0.717) is 18.0 Å². The first-order valence-electron chi connectivity index (χ1n) is 6.91. The van der Waals surface area contributed by atoms with Crippen molar-refractivity contribution in [2.24, 2.45) is 0 Å². The molecule has 0 aliphatic heterocycles. The molecular formula is C16H20N2O2. The van der Waals surface area contributed by atoms with E-state index < -0.39 is 0 Å². The van der Waals surface area contributed by atoms with Crippen LogP contribution in [0.15, 0.2) is 34.9 Å². The number of oxazole rings is 1. The lowest BCUT2D eigenvalue weighted by Crippen LogP contribution is -2.24. The van der Waals surface area contributed by atoms with Gasteiger partial charge < -0.3 is 9.73 Å². The summed E-state index contributed by atoms with van der Waals surface area (Å²) in [6.45, 7) is 4.53. The summed E-state index contributed by atoms with van der Waals surface area (Å²) in [6.07, 6.45) is 4.53. The van der Waals surface area contributed by atoms with Crippen LogP contribution in [0.2, 0.25) is 0 Å². The minimum absolute atomic E-state index is 0.0134. The Morgan fingerprint density at radius 1 is 1.20 bits per heavy atom. The summed E-state index contributed by atoms with van der Waals surface area (Å²) in [5, 5.41) is 2.92. The van der Waals surface area contributed by atoms with E-state index in [1.54, 1.807) is 6.20 Å². The van der Waals surface area contributed by atoms with Crippen LogP contribution in [-0.4, -0.2) is 17.4 Å². The first-order chi connectivity index (χ1) is 9.65. The van der Waals surface area contributed by atoms with Crippen molar-refractivity contribution in [1.82, 2.24) is 10.3 Å². The molecule has 1 amide bonds. The molecule has 0 saturated heterocycles. The molecule has 0 fully saturated rings. The molecule has 0 aliphatic rings. The van der Waals surface area contributed by atoms with Gasteiger partial charge in [-0.1, -0.05) is 17.7 Å². The predicted octanol–water partition coefficient (Wildman–Crippen LogP) is 3.04. The maximum Gasteiger partial charge on any atom is 0.251 e. The van der Waals surface area contributed by atoms with Crippen LogP contribution in [0.5, 0.6) is 0 Å². The lowest BCUT2D eigenvalue weighted by atomic mass is 10.1. The summed E-state index contributed by atoms with van der Waals surface area (Å²) < 4.78 is 5.39. The highest BCUT2D eigenvalue weighted by atomic mass is 16.3. The minimum atomic E-state index is -0.0134. The van der Waals surface area contributed by atoms with Crippen molar-refractivity contribution in [2.75, 3.05) is 6.54 Å². The number of nitrogens with zero attached hydrogens (tertiary/aromatic N) is 1. The van der Waals surface area contributed by atoms with Crippen LogP contribution in [0.25, 0.3) is 0 Å². The maximum atomic E-state index is 11.9. The van der Waals surface area contributed by atoms with E-state index >= 15 is 0 Å². The summed E-state index contributed by atoms with van der Waals surface area (Å²) in [7, 11) is 0. The van der Waals surface area contributed by atoms with Gasteiger partial charge in [-0.25, -0.2) is 4.98 Å². The number of nitrogens with one attached hydrogen (secondary N) is 1. The van der Waals surface area contributed by atoms with E-state index in [2.05, 4.69) is 10.3 Å². The molecule has 1 N–H and O–H groups in total. The fourth-order valence-electron chi connectivity index (χ4n) is 1.95. The van der Waals surface area contributed by atoms with Crippen LogP contribution < -0.4 is 5.32 Å². The normalized spacial score (nSPS) is 10.5. The van der Waals surface area contributed by atoms with Crippen LogP contribution >= 0.6 is 0 Å². The molecule has 106 valence electrons. The van der Waals surface area contributed by atoms with Gasteiger partial charge in [-0.3, -0.25) is 4.79 Å². The number of rotatable bonds is 6. The molecule has 1 aromatic carbocycles. The molecule has 0 aliphatic carbocycles. The van der Waals surface area contributed by atoms with E-state index in [4.69, 9.17) is 4.42 Å². The van der Waals surface area contributed by atoms with Gasteiger partial charge in [-0.05, 0) is 31.9 Å². The minimum Gasteiger partial charge on any atom is -0.446 e. The third-order valence-electron chi connectivity index (χ3n) is 3.12. The Morgan fingerprint density at radius 2 is 1.95 bits per heavy atom. The number of carbonyl (C=O) groups excluding carboxylic acids is 1. The molecule has 2 aromatic rings. The van der Waals surface area contributed by atoms with Crippen molar-refractivity contribution >= 4 is 5.91 Å². The van der Waals surface area contributed by atoms with Gasteiger partial charge in [0.25, 0.3) is 5.91 Å². The molecule has 2 rings (SSSR count). The van der Waals surface area contributed by atoms with Crippen molar-refractivity contribution in [3.63, 3.8) is 0 Å². The summed E-state index contributed by atoms with van der Waals surface area (Å²) in [5.74, 6) is 1.60. The Kier molecular flexibility index (Phi) is 4.93. The number of benzene rings is 1. The Hall–Kier alpha value is -2.10. The summed E-state index contributed by atoms with van der Waals surface area (Å²) >= 11 is 0. The highest BCUT2D eigenvalue weighted by molar-refractivity contribution is 5.94. The average molecular weight is 272 g/mol. The van der Waals surface area contributed by atoms with E-state index in [0.717, 1.165) is 30.6 Å². The molecule has 0 spiro atoms. The van der Waals surface area contributed by atoms with Gasteiger partial charge in [0.15, 0.2) is 5.89 Å². The Bertz CT molecular complexity index is 558. The lowest BCUT2D eigenvalue weighted by Gasteiger charge is -2.05. The van der Waals surface area contributed by atoms with Gasteiger partial charge >= 0.3 is 0 Å². The summed E-state index contributed by atoms with van der Waals surface area (Å²) in [5.41, 5.74) is 1.87. The zero-order chi connectivity index (χ0) is 14.4. The number of amides is 1. The molecule has 0 radical (unpaired) electrons. The van der Waals surface area contributed by atoms with Gasteiger partial charge in [-0.2, -0.15) is 0 Å². The van der Waals surface area contributed by atoms with Crippen LogP contribution in [-0.2, 0) is 6.42 Å². The van der Waals surface area contributed by atoms with Crippen molar-refractivity contribution in [1.29, 1.82) is 0 Å². The zero-order valence-electron chi connectivity index (χ0n) is 12.0. The second-order valence-electron chi connectivity index (χ2n) is 4.92. The number of carbonyl (C=O) groups is 1. The number of unbranched alkanes of at least 4 members (excludes halogenated alkanes) is 1. The first-order valence-corrected chi connectivity index (χ1v) is 6.91. The predicted molar refractivity (Wildman–Crippen MR) is 77.7 cm³/mol. The largest absolute Gasteiger partial charge is 0.446 e. The molecule has 0 unspecified atom stereocenters. The van der Waals surface area contributed by atoms with Crippen molar-refractivity contribution in [2.45, 2.75) is 33.1 Å². The third-order valence-corrected chi connectivity index (χ3v) is 3.12. The van der Waals surface area contributed by atoms with E-state index in [9.17, 15) is 4.79 Å². The Morgan fingerprint density at radius 3 is 2.60 bits per heavy atom. The number of hydrogen-bond donors (Lipinski definition) is 1. The third kappa shape index (κ3) is 4.23.